The summed E-state index contributed by atoms with van der Waals surface area (Å²) in [7, 11) is -14.5. The van der Waals surface area contributed by atoms with Gasteiger partial charge in [-0.1, -0.05) is 0 Å². The fraction of sp³-hybridized carbons (Fsp3) is 0.750. The summed E-state index contributed by atoms with van der Waals surface area (Å²) in [4.78, 5) is 0. The van der Waals surface area contributed by atoms with Crippen molar-refractivity contribution in [3.8, 4) is 0 Å². The van der Waals surface area contributed by atoms with Gasteiger partial charge in [-0.15, -0.1) is 13.2 Å². The smallest absolute Gasteiger partial charge is 0.431 e. The SMILES string of the molecule is C=C[Si](C=C)(O[Si](C)(C)C)O[Si](O[Si](C)(C)C)(O[Si](C)(C)C)O[Si](C)(C)C. The molecule has 0 aliphatic rings. The van der Waals surface area contributed by atoms with Gasteiger partial charge in [0.1, 0.15) is 0 Å². The lowest BCUT2D eigenvalue weighted by Crippen LogP contribution is -2.67. The van der Waals surface area contributed by atoms with E-state index in [-0.39, 0.29) is 0 Å². The van der Waals surface area contributed by atoms with Crippen molar-refractivity contribution in [1.82, 2.24) is 0 Å². The second kappa shape index (κ2) is 9.16. The van der Waals surface area contributed by atoms with Crippen molar-refractivity contribution in [2.45, 2.75) is 78.6 Å². The van der Waals surface area contributed by atoms with Crippen molar-refractivity contribution in [2.75, 3.05) is 0 Å². The summed E-state index contributed by atoms with van der Waals surface area (Å²) in [6, 6.07) is 0. The van der Waals surface area contributed by atoms with E-state index in [4.69, 9.17) is 20.6 Å². The van der Waals surface area contributed by atoms with Gasteiger partial charge < -0.3 is 20.6 Å². The Morgan fingerprint density at radius 1 is 0.444 bits per heavy atom. The summed E-state index contributed by atoms with van der Waals surface area (Å²) in [5.74, 6) is 0. The normalized spacial score (nSPS) is 15.0. The quantitative estimate of drug-likeness (QED) is 0.332. The Labute approximate surface area is 174 Å². The lowest BCUT2D eigenvalue weighted by atomic mass is 11.2. The molecule has 0 rings (SSSR count). The molecule has 5 nitrogen and oxygen atoms in total. The molecule has 0 heterocycles. The minimum atomic E-state index is -3.48. The van der Waals surface area contributed by atoms with E-state index in [1.54, 1.807) is 11.4 Å². The average Bonchev–Trinajstić information content (AvgIpc) is 2.28. The number of hydrogen-bond acceptors (Lipinski definition) is 5. The molecule has 0 aliphatic heterocycles. The van der Waals surface area contributed by atoms with Crippen LogP contribution in [-0.2, 0) is 20.6 Å². The van der Waals surface area contributed by atoms with Crippen molar-refractivity contribution in [3.63, 3.8) is 0 Å². The Morgan fingerprint density at radius 3 is 0.889 bits per heavy atom. The molecule has 0 saturated heterocycles. The maximum absolute atomic E-state index is 6.72. The highest BCUT2D eigenvalue weighted by Gasteiger charge is 2.58. The lowest BCUT2D eigenvalue weighted by molar-refractivity contribution is 0.138. The third-order valence-electron chi connectivity index (χ3n) is 2.61. The van der Waals surface area contributed by atoms with E-state index in [1.807, 2.05) is 0 Å². The van der Waals surface area contributed by atoms with Gasteiger partial charge in [0.2, 0.25) is 0 Å². The molecule has 27 heavy (non-hydrogen) atoms. The van der Waals surface area contributed by atoms with Crippen LogP contribution in [0.5, 0.6) is 0 Å². The minimum absolute atomic E-state index is 1.77. The van der Waals surface area contributed by atoms with E-state index in [2.05, 4.69) is 91.7 Å². The van der Waals surface area contributed by atoms with Crippen LogP contribution >= 0.6 is 0 Å². The highest BCUT2D eigenvalue weighted by molar-refractivity contribution is 6.95. The third kappa shape index (κ3) is 12.0. The fourth-order valence-corrected chi connectivity index (χ4v) is 21.9. The number of rotatable bonds is 12. The molecule has 0 radical (unpaired) electrons. The molecule has 0 bridgehead atoms. The van der Waals surface area contributed by atoms with Crippen LogP contribution in [-0.4, -0.2) is 50.9 Å². The first-order chi connectivity index (χ1) is 11.7. The topological polar surface area (TPSA) is 46.2 Å². The first-order valence-electron chi connectivity index (χ1n) is 9.44. The van der Waals surface area contributed by atoms with Crippen LogP contribution in [0, 0.1) is 0 Å². The first-order valence-corrected chi connectivity index (χ1v) is 26.7. The van der Waals surface area contributed by atoms with Crippen molar-refractivity contribution < 1.29 is 20.6 Å². The van der Waals surface area contributed by atoms with Gasteiger partial charge >= 0.3 is 17.6 Å². The molecule has 0 aliphatic carbocycles. The van der Waals surface area contributed by atoms with Crippen molar-refractivity contribution >= 4 is 50.9 Å². The average molecular weight is 483 g/mol. The van der Waals surface area contributed by atoms with Gasteiger partial charge in [-0.3, -0.25) is 0 Å². The Morgan fingerprint density at radius 2 is 0.704 bits per heavy atom. The molecule has 0 aromatic heterocycles. The fourth-order valence-electron chi connectivity index (χ4n) is 2.19. The van der Waals surface area contributed by atoms with Gasteiger partial charge in [0.25, 0.3) is 0 Å². The summed E-state index contributed by atoms with van der Waals surface area (Å²) >= 11 is 0. The van der Waals surface area contributed by atoms with Gasteiger partial charge in [0.15, 0.2) is 33.3 Å². The summed E-state index contributed by atoms with van der Waals surface area (Å²) < 4.78 is 33.0. The van der Waals surface area contributed by atoms with Crippen molar-refractivity contribution in [2.24, 2.45) is 0 Å². The van der Waals surface area contributed by atoms with Crippen molar-refractivity contribution in [1.29, 1.82) is 0 Å². The molecular formula is C16H42O5Si6. The molecule has 0 fully saturated rings. The van der Waals surface area contributed by atoms with Crippen LogP contribution in [0.15, 0.2) is 24.6 Å². The molecule has 0 aromatic rings. The monoisotopic (exact) mass is 482 g/mol. The summed E-state index contributed by atoms with van der Waals surface area (Å²) in [6.07, 6.45) is 0. The van der Waals surface area contributed by atoms with E-state index in [0.717, 1.165) is 0 Å². The molecule has 0 spiro atoms. The second-order valence-corrected chi connectivity index (χ2v) is 34.8. The van der Waals surface area contributed by atoms with Crippen molar-refractivity contribution in [3.05, 3.63) is 24.6 Å². The molecule has 0 saturated carbocycles. The van der Waals surface area contributed by atoms with Gasteiger partial charge in [0.05, 0.1) is 0 Å². The van der Waals surface area contributed by atoms with E-state index >= 15 is 0 Å². The zero-order valence-corrected chi connectivity index (χ0v) is 25.6. The molecule has 0 atom stereocenters. The van der Waals surface area contributed by atoms with E-state index < -0.39 is 50.9 Å². The largest absolute Gasteiger partial charge is 0.639 e. The van der Waals surface area contributed by atoms with Gasteiger partial charge in [-0.2, -0.15) is 0 Å². The lowest BCUT2D eigenvalue weighted by Gasteiger charge is -2.45. The third-order valence-corrected chi connectivity index (χ3v) is 20.1. The molecule has 160 valence electrons. The minimum Gasteiger partial charge on any atom is -0.431 e. The van der Waals surface area contributed by atoms with Crippen LogP contribution in [0.4, 0.5) is 0 Å². The maximum atomic E-state index is 6.72. The molecular weight excluding hydrogens is 441 g/mol. The van der Waals surface area contributed by atoms with E-state index in [1.165, 1.54) is 0 Å². The van der Waals surface area contributed by atoms with Gasteiger partial charge in [0, 0.05) is 0 Å². The standard InChI is InChI=1S/C16H42O5Si6/c1-15-26(16-2,17-22(3,4)5)21-27(18-23(6,7)8,19-24(9,10)11)20-25(12,13)14/h15-16H,1-2H2,3-14H3. The highest BCUT2D eigenvalue weighted by atomic mass is 28.6. The van der Waals surface area contributed by atoms with E-state index in [9.17, 15) is 0 Å². The zero-order chi connectivity index (χ0) is 21.9. The van der Waals surface area contributed by atoms with Crippen LogP contribution in [0.2, 0.25) is 78.6 Å². The summed E-state index contributed by atoms with van der Waals surface area (Å²) in [6.45, 7) is 33.6. The van der Waals surface area contributed by atoms with Gasteiger partial charge in [-0.25, -0.2) is 0 Å². The van der Waals surface area contributed by atoms with Gasteiger partial charge in [-0.05, 0) is 90.0 Å². The summed E-state index contributed by atoms with van der Waals surface area (Å²) in [5.41, 5.74) is 3.55. The zero-order valence-electron chi connectivity index (χ0n) is 19.6. The Kier molecular flexibility index (Phi) is 9.36. The Hall–Kier alpha value is 0.581. The first kappa shape index (κ1) is 27.6. The molecule has 0 aromatic carbocycles. The second-order valence-electron chi connectivity index (χ2n) is 10.6. The number of hydrogen-bond donors (Lipinski definition) is 0. The highest BCUT2D eigenvalue weighted by Crippen LogP contribution is 2.31. The predicted octanol–water partition coefficient (Wildman–Crippen LogP) is 5.74. The maximum Gasteiger partial charge on any atom is 0.639 e. The predicted molar refractivity (Wildman–Crippen MR) is 131 cm³/mol. The molecule has 0 unspecified atom stereocenters. The van der Waals surface area contributed by atoms with Crippen LogP contribution in [0.25, 0.3) is 0 Å². The Balaban J connectivity index is 6.39. The Bertz CT molecular complexity index is 465. The van der Waals surface area contributed by atoms with E-state index in [0.29, 0.717) is 0 Å². The molecule has 0 amide bonds. The van der Waals surface area contributed by atoms with Crippen LogP contribution < -0.4 is 0 Å². The van der Waals surface area contributed by atoms with Crippen LogP contribution in [0.1, 0.15) is 0 Å². The summed E-state index contributed by atoms with van der Waals surface area (Å²) in [5, 5.41) is 0. The van der Waals surface area contributed by atoms with Crippen LogP contribution in [0.3, 0.4) is 0 Å². The molecule has 11 heteroatoms. The molecule has 0 N–H and O–H groups in total.